The first-order valence-electron chi connectivity index (χ1n) is 7.49. The van der Waals surface area contributed by atoms with Gasteiger partial charge >= 0.3 is 6.18 Å². The van der Waals surface area contributed by atoms with Gasteiger partial charge in [-0.1, -0.05) is 29.8 Å². The second kappa shape index (κ2) is 7.96. The van der Waals surface area contributed by atoms with Crippen LogP contribution in [0.4, 0.5) is 24.9 Å². The van der Waals surface area contributed by atoms with E-state index in [1.165, 1.54) is 0 Å². The van der Waals surface area contributed by atoms with Crippen LogP contribution in [0.2, 0.25) is 0 Å². The number of alkyl halides is 3. The van der Waals surface area contributed by atoms with Crippen LogP contribution in [0, 0.1) is 6.92 Å². The van der Waals surface area contributed by atoms with Crippen molar-refractivity contribution in [3.8, 4) is 0 Å². The molecule has 130 valence electrons. The summed E-state index contributed by atoms with van der Waals surface area (Å²) < 4.78 is 38.9. The van der Waals surface area contributed by atoms with E-state index in [0.29, 0.717) is 13.0 Å². The number of hydrogen-bond acceptors (Lipinski definition) is 5. The van der Waals surface area contributed by atoms with Crippen LogP contribution in [0.15, 0.2) is 30.3 Å². The average Bonchev–Trinajstić information content (AvgIpc) is 2.52. The summed E-state index contributed by atoms with van der Waals surface area (Å²) in [5, 5.41) is 14.3. The zero-order valence-electron chi connectivity index (χ0n) is 13.2. The van der Waals surface area contributed by atoms with Gasteiger partial charge < -0.3 is 15.7 Å². The zero-order valence-corrected chi connectivity index (χ0v) is 13.2. The summed E-state index contributed by atoms with van der Waals surface area (Å²) in [4.78, 5) is 7.52. The lowest BCUT2D eigenvalue weighted by Crippen LogP contribution is -2.15. The second-order valence-electron chi connectivity index (χ2n) is 5.31. The van der Waals surface area contributed by atoms with E-state index in [1.54, 1.807) is 0 Å². The largest absolute Gasteiger partial charge is 0.433 e. The number of nitrogens with one attached hydrogen (secondary N) is 2. The number of aryl methyl sites for hydroxylation is 1. The van der Waals surface area contributed by atoms with Gasteiger partial charge in [0.25, 0.3) is 0 Å². The number of benzene rings is 1. The molecule has 0 bridgehead atoms. The molecule has 1 aromatic carbocycles. The lowest BCUT2D eigenvalue weighted by Gasteiger charge is -2.13. The monoisotopic (exact) mass is 340 g/mol. The van der Waals surface area contributed by atoms with Gasteiger partial charge in [0, 0.05) is 25.8 Å². The molecule has 0 unspecified atom stereocenters. The van der Waals surface area contributed by atoms with Crippen molar-refractivity contribution in [2.45, 2.75) is 26.1 Å². The molecule has 8 heteroatoms. The molecule has 2 aromatic rings. The van der Waals surface area contributed by atoms with Gasteiger partial charge in [-0.3, -0.25) is 0 Å². The minimum atomic E-state index is -4.56. The van der Waals surface area contributed by atoms with Crippen LogP contribution < -0.4 is 10.6 Å². The minimum absolute atomic E-state index is 0.0651. The third kappa shape index (κ3) is 5.38. The van der Waals surface area contributed by atoms with Crippen molar-refractivity contribution in [1.29, 1.82) is 0 Å². The molecule has 0 saturated heterocycles. The first-order chi connectivity index (χ1) is 11.4. The zero-order chi connectivity index (χ0) is 17.6. The molecule has 1 heterocycles. The summed E-state index contributed by atoms with van der Waals surface area (Å²) in [6, 6.07) is 8.53. The highest BCUT2D eigenvalue weighted by molar-refractivity contribution is 5.43. The molecule has 0 saturated carbocycles. The molecule has 3 N–H and O–H groups in total. The Labute approximate surface area is 138 Å². The lowest BCUT2D eigenvalue weighted by atomic mass is 10.1. The number of nitrogens with zero attached hydrogens (tertiary/aromatic N) is 2. The van der Waals surface area contributed by atoms with Gasteiger partial charge in [-0.2, -0.15) is 18.2 Å². The molecule has 0 aliphatic rings. The van der Waals surface area contributed by atoms with Gasteiger partial charge in [-0.05, 0) is 18.9 Å². The van der Waals surface area contributed by atoms with Crippen LogP contribution in [0.25, 0.3) is 0 Å². The molecule has 0 radical (unpaired) electrons. The average molecular weight is 340 g/mol. The third-order valence-corrected chi connectivity index (χ3v) is 3.19. The summed E-state index contributed by atoms with van der Waals surface area (Å²) in [5.74, 6) is -0.0321. The minimum Gasteiger partial charge on any atom is -0.396 e. The molecule has 1 aromatic heterocycles. The Morgan fingerprint density at radius 2 is 1.92 bits per heavy atom. The standard InChI is InChI=1S/C16H19F3N4O/c1-11-4-2-5-12(8-11)10-21-14-9-13(16(17,18)19)22-15(23-14)20-6-3-7-24/h2,4-5,8-9,24H,3,6-7,10H2,1H3,(H2,20,21,22,23). The molecule has 0 atom stereocenters. The maximum atomic E-state index is 13.0. The topological polar surface area (TPSA) is 70.1 Å². The quantitative estimate of drug-likeness (QED) is 0.675. The SMILES string of the molecule is Cc1cccc(CNc2cc(C(F)(F)F)nc(NCCCO)n2)c1. The van der Waals surface area contributed by atoms with Crippen LogP contribution in [0.1, 0.15) is 23.2 Å². The Morgan fingerprint density at radius 3 is 2.58 bits per heavy atom. The lowest BCUT2D eigenvalue weighted by molar-refractivity contribution is -0.141. The van der Waals surface area contributed by atoms with E-state index in [0.717, 1.165) is 17.2 Å². The summed E-state index contributed by atoms with van der Waals surface area (Å²) >= 11 is 0. The van der Waals surface area contributed by atoms with E-state index < -0.39 is 11.9 Å². The molecule has 5 nitrogen and oxygen atoms in total. The highest BCUT2D eigenvalue weighted by Gasteiger charge is 2.33. The van der Waals surface area contributed by atoms with Crippen molar-refractivity contribution < 1.29 is 18.3 Å². The van der Waals surface area contributed by atoms with Gasteiger partial charge in [0.2, 0.25) is 5.95 Å². The van der Waals surface area contributed by atoms with Crippen LogP contribution in [-0.4, -0.2) is 28.2 Å². The summed E-state index contributed by atoms with van der Waals surface area (Å²) in [6.45, 7) is 2.52. The molecular formula is C16H19F3N4O. The van der Waals surface area contributed by atoms with Gasteiger partial charge in [-0.15, -0.1) is 0 Å². The first kappa shape index (κ1) is 18.0. The number of halogens is 3. The van der Waals surface area contributed by atoms with Crippen molar-refractivity contribution >= 4 is 11.8 Å². The Hall–Kier alpha value is -2.35. The maximum Gasteiger partial charge on any atom is 0.433 e. The van der Waals surface area contributed by atoms with Crippen LogP contribution in [0.3, 0.4) is 0 Å². The molecule has 0 spiro atoms. The number of rotatable bonds is 7. The van der Waals surface area contributed by atoms with Gasteiger partial charge in [0.15, 0.2) is 5.69 Å². The summed E-state index contributed by atoms with van der Waals surface area (Å²) in [5.41, 5.74) is 0.993. The van der Waals surface area contributed by atoms with Crippen LogP contribution in [-0.2, 0) is 12.7 Å². The Balaban J connectivity index is 2.16. The van der Waals surface area contributed by atoms with Gasteiger partial charge in [0.05, 0.1) is 0 Å². The number of hydrogen-bond donors (Lipinski definition) is 3. The third-order valence-electron chi connectivity index (χ3n) is 3.19. The van der Waals surface area contributed by atoms with Crippen molar-refractivity contribution in [3.05, 3.63) is 47.2 Å². The Morgan fingerprint density at radius 1 is 1.12 bits per heavy atom. The van der Waals surface area contributed by atoms with E-state index in [4.69, 9.17) is 5.11 Å². The molecule has 24 heavy (non-hydrogen) atoms. The number of aliphatic hydroxyl groups is 1. The first-order valence-corrected chi connectivity index (χ1v) is 7.49. The maximum absolute atomic E-state index is 13.0. The molecule has 2 rings (SSSR count). The van der Waals surface area contributed by atoms with E-state index >= 15 is 0 Å². The van der Waals surface area contributed by atoms with Crippen molar-refractivity contribution in [1.82, 2.24) is 9.97 Å². The molecule has 0 aliphatic heterocycles. The summed E-state index contributed by atoms with van der Waals surface area (Å²) in [7, 11) is 0. The Kier molecular flexibility index (Phi) is 5.97. The van der Waals surface area contributed by atoms with Crippen LogP contribution in [0.5, 0.6) is 0 Å². The van der Waals surface area contributed by atoms with Crippen molar-refractivity contribution in [2.75, 3.05) is 23.8 Å². The number of anilines is 2. The predicted octanol–water partition coefficient (Wildman–Crippen LogP) is 3.21. The van der Waals surface area contributed by atoms with Crippen LogP contribution >= 0.6 is 0 Å². The highest BCUT2D eigenvalue weighted by Crippen LogP contribution is 2.29. The van der Waals surface area contributed by atoms with E-state index in [9.17, 15) is 13.2 Å². The van der Waals surface area contributed by atoms with E-state index in [2.05, 4.69) is 20.6 Å². The smallest absolute Gasteiger partial charge is 0.396 e. The van der Waals surface area contributed by atoms with Gasteiger partial charge in [0.1, 0.15) is 5.82 Å². The fourth-order valence-corrected chi connectivity index (χ4v) is 2.06. The normalized spacial score (nSPS) is 11.4. The molecule has 0 amide bonds. The van der Waals surface area contributed by atoms with Crippen molar-refractivity contribution in [3.63, 3.8) is 0 Å². The van der Waals surface area contributed by atoms with E-state index in [-0.39, 0.29) is 24.9 Å². The second-order valence-corrected chi connectivity index (χ2v) is 5.31. The fraction of sp³-hybridized carbons (Fsp3) is 0.375. The molecule has 0 fully saturated rings. The summed E-state index contributed by atoms with van der Waals surface area (Å²) in [6.07, 6.45) is -4.16. The Bertz CT molecular complexity index is 677. The molecular weight excluding hydrogens is 321 g/mol. The van der Waals surface area contributed by atoms with Crippen molar-refractivity contribution in [2.24, 2.45) is 0 Å². The number of aromatic nitrogens is 2. The highest BCUT2D eigenvalue weighted by atomic mass is 19.4. The van der Waals surface area contributed by atoms with Gasteiger partial charge in [-0.25, -0.2) is 4.98 Å². The van der Waals surface area contributed by atoms with E-state index in [1.807, 2.05) is 31.2 Å². The predicted molar refractivity (Wildman–Crippen MR) is 85.7 cm³/mol. The fourth-order valence-electron chi connectivity index (χ4n) is 2.06. The number of aliphatic hydroxyl groups excluding tert-OH is 1. The molecule has 0 aliphatic carbocycles.